The van der Waals surface area contributed by atoms with Gasteiger partial charge in [-0.25, -0.2) is 28.0 Å². The number of hydrogen-bond donors (Lipinski definition) is 1. The maximum atomic E-state index is 13.6. The zero-order chi connectivity index (χ0) is 36.3. The van der Waals surface area contributed by atoms with Gasteiger partial charge in [0, 0.05) is 17.2 Å². The normalized spacial score (nSPS) is 12.6. The van der Waals surface area contributed by atoms with Crippen LogP contribution in [0, 0.1) is 0 Å². The lowest BCUT2D eigenvalue weighted by atomic mass is 10.1. The fraction of sp³-hybridized carbons (Fsp3) is 0.371. The fourth-order valence-electron chi connectivity index (χ4n) is 4.32. The minimum Gasteiger partial charge on any atom is -0.443 e. The molecule has 0 saturated heterocycles. The van der Waals surface area contributed by atoms with E-state index in [2.05, 4.69) is 15.1 Å². The molecular weight excluding hydrogens is 648 g/mol. The predicted molar refractivity (Wildman–Crippen MR) is 187 cm³/mol. The lowest BCUT2D eigenvalue weighted by molar-refractivity contribution is 0.0429. The van der Waals surface area contributed by atoms with Gasteiger partial charge in [0.1, 0.15) is 16.9 Å². The number of anilines is 1. The van der Waals surface area contributed by atoms with Crippen molar-refractivity contribution in [1.29, 1.82) is 0 Å². The molecule has 0 unspecified atom stereocenters. The fourth-order valence-corrected chi connectivity index (χ4v) is 5.38. The van der Waals surface area contributed by atoms with Gasteiger partial charge < -0.3 is 19.7 Å². The predicted octanol–water partition coefficient (Wildman–Crippen LogP) is 7.20. The van der Waals surface area contributed by atoms with E-state index in [0.717, 1.165) is 11.1 Å². The summed E-state index contributed by atoms with van der Waals surface area (Å²) in [6.45, 7) is 15.3. The first kappa shape index (κ1) is 36.7. The van der Waals surface area contributed by atoms with Gasteiger partial charge in [-0.3, -0.25) is 4.99 Å². The van der Waals surface area contributed by atoms with Crippen LogP contribution in [0.15, 0.2) is 75.2 Å². The van der Waals surface area contributed by atoms with Gasteiger partial charge in [-0.1, -0.05) is 41.6 Å². The maximum Gasteiger partial charge on any atom is 0.425 e. The van der Waals surface area contributed by atoms with Crippen molar-refractivity contribution in [2.24, 2.45) is 10.7 Å². The van der Waals surface area contributed by atoms with Crippen molar-refractivity contribution in [3.05, 3.63) is 66.4 Å². The zero-order valence-corrected chi connectivity index (χ0v) is 30.0. The van der Waals surface area contributed by atoms with Gasteiger partial charge in [0.15, 0.2) is 27.1 Å². The molecule has 2 amide bonds. The molecule has 13 nitrogen and oxygen atoms in total. The number of carbonyl (C=O) groups is 2. The Morgan fingerprint density at radius 2 is 1.43 bits per heavy atom. The van der Waals surface area contributed by atoms with Crippen molar-refractivity contribution < 1.29 is 32.0 Å². The Balaban J connectivity index is 1.86. The van der Waals surface area contributed by atoms with Gasteiger partial charge in [-0.15, -0.1) is 0 Å². The molecule has 49 heavy (non-hydrogen) atoms. The second-order valence-corrected chi connectivity index (χ2v) is 16.1. The topological polar surface area (TPSA) is 180 Å². The SMILES string of the molecule is CC(N)=NCc1ccc(-c2cc(-c3nc(-c4ccc(S(=O)(=O)C(C)C)cc4)cnc3N(C(=O)OC(C)(C)C)C(=O)OC(C)(C)C)on2)cc1. The monoisotopic (exact) mass is 690 g/mol. The van der Waals surface area contributed by atoms with Crippen LogP contribution in [0.1, 0.15) is 67.9 Å². The molecule has 2 aromatic heterocycles. The summed E-state index contributed by atoms with van der Waals surface area (Å²) in [5, 5.41) is 3.62. The summed E-state index contributed by atoms with van der Waals surface area (Å²) < 4.78 is 42.3. The van der Waals surface area contributed by atoms with Crippen molar-refractivity contribution in [1.82, 2.24) is 15.1 Å². The van der Waals surface area contributed by atoms with Gasteiger partial charge >= 0.3 is 12.2 Å². The van der Waals surface area contributed by atoms with E-state index in [0.29, 0.717) is 34.2 Å². The molecule has 0 aliphatic carbocycles. The summed E-state index contributed by atoms with van der Waals surface area (Å²) in [5.74, 6) is 0.343. The van der Waals surface area contributed by atoms with E-state index >= 15 is 0 Å². The molecule has 2 aromatic carbocycles. The Bertz CT molecular complexity index is 1920. The van der Waals surface area contributed by atoms with Crippen molar-refractivity contribution >= 4 is 33.7 Å². The Morgan fingerprint density at radius 1 is 0.898 bits per heavy atom. The van der Waals surface area contributed by atoms with Crippen LogP contribution in [0.2, 0.25) is 0 Å². The number of benzene rings is 2. The molecule has 0 radical (unpaired) electrons. The van der Waals surface area contributed by atoms with E-state index in [4.69, 9.17) is 24.7 Å². The highest BCUT2D eigenvalue weighted by Crippen LogP contribution is 2.35. The molecule has 260 valence electrons. The van der Waals surface area contributed by atoms with E-state index in [1.807, 2.05) is 24.3 Å². The van der Waals surface area contributed by atoms with E-state index in [1.54, 1.807) is 80.5 Å². The summed E-state index contributed by atoms with van der Waals surface area (Å²) in [6.07, 6.45) is -0.730. The van der Waals surface area contributed by atoms with Gasteiger partial charge in [0.05, 0.1) is 34.4 Å². The molecule has 0 spiro atoms. The number of aliphatic imine (C=N–C) groups is 1. The molecule has 0 saturated carbocycles. The zero-order valence-electron chi connectivity index (χ0n) is 29.1. The molecule has 14 heteroatoms. The Hall–Kier alpha value is -5.11. The first-order valence-corrected chi connectivity index (χ1v) is 17.1. The highest BCUT2D eigenvalue weighted by Gasteiger charge is 2.37. The number of carbonyl (C=O) groups excluding carboxylic acids is 2. The smallest absolute Gasteiger partial charge is 0.425 e. The number of amides is 2. The number of nitrogens with zero attached hydrogens (tertiary/aromatic N) is 5. The molecular formula is C35H42N6O7S. The second kappa shape index (κ2) is 14.2. The van der Waals surface area contributed by atoms with Crippen LogP contribution in [-0.2, 0) is 25.9 Å². The third-order valence-electron chi connectivity index (χ3n) is 6.72. The lowest BCUT2D eigenvalue weighted by Gasteiger charge is -2.28. The first-order chi connectivity index (χ1) is 22.7. The molecule has 4 rings (SSSR count). The Kier molecular flexibility index (Phi) is 10.6. The molecule has 2 N–H and O–H groups in total. The minimum atomic E-state index is -3.51. The van der Waals surface area contributed by atoms with E-state index in [1.165, 1.54) is 18.3 Å². The van der Waals surface area contributed by atoms with Crippen LogP contribution in [0.3, 0.4) is 0 Å². The number of amidine groups is 1. The molecule has 0 aliphatic heterocycles. The van der Waals surface area contributed by atoms with Crippen LogP contribution >= 0.6 is 0 Å². The molecule has 4 aromatic rings. The number of sulfone groups is 1. The van der Waals surface area contributed by atoms with Crippen LogP contribution in [0.5, 0.6) is 0 Å². The number of rotatable bonds is 8. The number of nitrogens with two attached hydrogens (primary N) is 1. The van der Waals surface area contributed by atoms with Gasteiger partial charge in [-0.2, -0.15) is 4.90 Å². The summed E-state index contributed by atoms with van der Waals surface area (Å²) >= 11 is 0. The number of hydrogen-bond acceptors (Lipinski definition) is 11. The summed E-state index contributed by atoms with van der Waals surface area (Å²) in [5.41, 5.74) is 6.64. The Morgan fingerprint density at radius 3 is 1.94 bits per heavy atom. The molecule has 2 heterocycles. The van der Waals surface area contributed by atoms with Crippen molar-refractivity contribution in [3.8, 4) is 34.0 Å². The minimum absolute atomic E-state index is 0.0174. The summed E-state index contributed by atoms with van der Waals surface area (Å²) in [7, 11) is -3.51. The first-order valence-electron chi connectivity index (χ1n) is 15.6. The second-order valence-electron chi connectivity index (χ2n) is 13.6. The highest BCUT2D eigenvalue weighted by atomic mass is 32.2. The van der Waals surface area contributed by atoms with Crippen LogP contribution in [-0.4, -0.2) is 58.0 Å². The molecule has 0 atom stereocenters. The summed E-state index contributed by atoms with van der Waals surface area (Å²) in [6, 6.07) is 15.3. The van der Waals surface area contributed by atoms with Crippen molar-refractivity contribution in [2.75, 3.05) is 4.90 Å². The van der Waals surface area contributed by atoms with Gasteiger partial charge in [0.25, 0.3) is 0 Å². The average molecular weight is 691 g/mol. The molecule has 0 bridgehead atoms. The summed E-state index contributed by atoms with van der Waals surface area (Å²) in [4.78, 5) is 41.5. The number of imide groups is 1. The van der Waals surface area contributed by atoms with Crippen molar-refractivity contribution in [2.45, 2.75) is 90.2 Å². The van der Waals surface area contributed by atoms with Crippen molar-refractivity contribution in [3.63, 3.8) is 0 Å². The van der Waals surface area contributed by atoms with Gasteiger partial charge in [0.2, 0.25) is 0 Å². The Labute approximate surface area is 286 Å². The maximum absolute atomic E-state index is 13.6. The van der Waals surface area contributed by atoms with Crippen LogP contribution in [0.25, 0.3) is 34.0 Å². The van der Waals surface area contributed by atoms with Crippen LogP contribution in [0.4, 0.5) is 15.4 Å². The number of ether oxygens (including phenoxy) is 2. The van der Waals surface area contributed by atoms with E-state index in [-0.39, 0.29) is 22.2 Å². The molecule has 0 fully saturated rings. The quantitative estimate of drug-likeness (QED) is 0.146. The van der Waals surface area contributed by atoms with Crippen LogP contribution < -0.4 is 10.6 Å². The average Bonchev–Trinajstić information content (AvgIpc) is 3.49. The number of aromatic nitrogens is 3. The van der Waals surface area contributed by atoms with E-state index < -0.39 is 38.5 Å². The standard InChI is InChI=1S/C35H42N6O7S/c1-21(2)49(44,45)26-16-14-25(15-17-26)28-20-38-31(41(32(42)46-34(4,5)6)33(43)47-35(7,8)9)30(39-28)29-18-27(40-48-29)24-12-10-23(11-13-24)19-37-22(3)36/h10-18,20-21H,19H2,1-9H3,(H2,36,37). The van der Waals surface area contributed by atoms with E-state index in [9.17, 15) is 18.0 Å². The third-order valence-corrected chi connectivity index (χ3v) is 8.89. The lowest BCUT2D eigenvalue weighted by Crippen LogP contribution is -2.44. The highest BCUT2D eigenvalue weighted by molar-refractivity contribution is 7.92. The molecule has 0 aliphatic rings. The third kappa shape index (κ3) is 9.28. The van der Waals surface area contributed by atoms with Gasteiger partial charge in [-0.05, 0) is 80.0 Å². The largest absolute Gasteiger partial charge is 0.443 e.